The summed E-state index contributed by atoms with van der Waals surface area (Å²) < 4.78 is 21.9. The summed E-state index contributed by atoms with van der Waals surface area (Å²) in [6.45, 7) is -0.656. The molecule has 1 aromatic carbocycles. The number of hydrogen-bond donors (Lipinski definition) is 6. The van der Waals surface area contributed by atoms with Gasteiger partial charge in [-0.15, -0.1) is 0 Å². The molecule has 1 fully saturated rings. The molecule has 0 aromatic heterocycles. The number of carboxylic acids is 1. The van der Waals surface area contributed by atoms with Gasteiger partial charge in [0.1, 0.15) is 54.7 Å². The quantitative estimate of drug-likeness (QED) is 0.180. The summed E-state index contributed by atoms with van der Waals surface area (Å²) in [5, 5.41) is 59.6. The zero-order valence-electron chi connectivity index (χ0n) is 18.9. The number of carbonyl (C=O) groups is 2. The summed E-state index contributed by atoms with van der Waals surface area (Å²) in [5.74, 6) is -3.13. The largest absolute Gasteiger partial charge is 0.508 e. The average molecular weight is 518 g/mol. The summed E-state index contributed by atoms with van der Waals surface area (Å²) >= 11 is 0. The van der Waals surface area contributed by atoms with Gasteiger partial charge in [-0.1, -0.05) is 0 Å². The van der Waals surface area contributed by atoms with Crippen molar-refractivity contribution in [3.8, 4) is 39.9 Å². The Labute approximate surface area is 207 Å². The van der Waals surface area contributed by atoms with Crippen molar-refractivity contribution in [1.82, 2.24) is 0 Å². The fourth-order valence-electron chi connectivity index (χ4n) is 3.70. The van der Waals surface area contributed by atoms with Gasteiger partial charge in [-0.25, -0.2) is 0 Å². The number of fused-ring (bicyclic) bond motifs is 1. The standard InChI is InChI=1S/C24H22O13/c25-11-3-1-10(2-4-11)23-16(7-13-14(27)5-12(26)6-15(13)35-23)36-24-22(33)21(32)20(31)17(37-24)9-34-19(30)8-18(28)29/h1-7,17,20-22,24-25,27,31-33H,8-9H2,(H,28,29)/t17-,20-,21+,22-,24-/m1/s1. The number of aliphatic hydroxyl groups excluding tert-OH is 3. The first-order valence-electron chi connectivity index (χ1n) is 10.9. The molecule has 0 amide bonds. The number of rotatable bonds is 7. The van der Waals surface area contributed by atoms with Gasteiger partial charge >= 0.3 is 11.9 Å². The summed E-state index contributed by atoms with van der Waals surface area (Å²) in [4.78, 5) is 34.1. The molecule has 0 unspecified atom stereocenters. The van der Waals surface area contributed by atoms with Crippen LogP contribution in [-0.4, -0.2) is 79.9 Å². The molecule has 0 saturated carbocycles. The second-order valence-corrected chi connectivity index (χ2v) is 8.23. The van der Waals surface area contributed by atoms with Crippen LogP contribution in [0.3, 0.4) is 0 Å². The minimum Gasteiger partial charge on any atom is -0.508 e. The minimum atomic E-state index is -1.81. The highest BCUT2D eigenvalue weighted by molar-refractivity contribution is 5.90. The number of carboxylic acid groups (broad SMARTS) is 1. The van der Waals surface area contributed by atoms with Crippen LogP contribution in [0.25, 0.3) is 22.6 Å². The highest BCUT2D eigenvalue weighted by atomic mass is 16.7. The number of carbonyl (C=O) groups excluding carboxylic acids is 1. The molecule has 2 heterocycles. The van der Waals surface area contributed by atoms with Gasteiger partial charge < -0.3 is 49.3 Å². The Morgan fingerprint density at radius 3 is 2.32 bits per heavy atom. The second-order valence-electron chi connectivity index (χ2n) is 8.23. The van der Waals surface area contributed by atoms with E-state index in [-0.39, 0.29) is 28.6 Å². The Morgan fingerprint density at radius 2 is 1.65 bits per heavy atom. The first kappa shape index (κ1) is 25.9. The Kier molecular flexibility index (Phi) is 7.31. The first-order chi connectivity index (χ1) is 17.5. The summed E-state index contributed by atoms with van der Waals surface area (Å²) in [5.41, 5.74) is -0.0970. The minimum absolute atomic E-state index is 0.00153. The van der Waals surface area contributed by atoms with Crippen molar-refractivity contribution in [2.24, 2.45) is 0 Å². The lowest BCUT2D eigenvalue weighted by atomic mass is 9.99. The van der Waals surface area contributed by atoms with E-state index in [2.05, 4.69) is 0 Å². The Hall–Kier alpha value is -4.17. The van der Waals surface area contributed by atoms with Crippen LogP contribution in [0.2, 0.25) is 0 Å². The number of aromatic hydroxyl groups is 2. The maximum absolute atomic E-state index is 11.9. The van der Waals surface area contributed by atoms with Gasteiger partial charge in [-0.3, -0.25) is 14.4 Å². The maximum atomic E-state index is 11.9. The lowest BCUT2D eigenvalue weighted by Crippen LogP contribution is -2.60. The van der Waals surface area contributed by atoms with Gasteiger partial charge in [-0.05, 0) is 30.3 Å². The van der Waals surface area contributed by atoms with Gasteiger partial charge in [0.05, 0.1) is 5.56 Å². The van der Waals surface area contributed by atoms with Crippen LogP contribution < -0.4 is 10.2 Å². The van der Waals surface area contributed by atoms with Crippen molar-refractivity contribution in [2.45, 2.75) is 37.1 Å². The number of ether oxygens (including phenoxy) is 3. The van der Waals surface area contributed by atoms with E-state index in [1.807, 2.05) is 0 Å². The molecule has 3 aliphatic rings. The predicted octanol–water partition coefficient (Wildman–Crippen LogP) is 0.0271. The van der Waals surface area contributed by atoms with E-state index in [0.29, 0.717) is 5.56 Å². The third-order valence-corrected chi connectivity index (χ3v) is 5.55. The van der Waals surface area contributed by atoms with Crippen molar-refractivity contribution in [1.29, 1.82) is 0 Å². The van der Waals surface area contributed by atoms with Crippen LogP contribution in [-0.2, 0) is 19.1 Å². The Balaban J connectivity index is 1.68. The lowest BCUT2D eigenvalue weighted by molar-refractivity contribution is -0.278. The van der Waals surface area contributed by atoms with Crippen molar-refractivity contribution in [3.63, 3.8) is 0 Å². The molecule has 37 heavy (non-hydrogen) atoms. The van der Waals surface area contributed by atoms with Crippen LogP contribution in [0.4, 0.5) is 0 Å². The van der Waals surface area contributed by atoms with Crippen LogP contribution >= 0.6 is 0 Å². The highest BCUT2D eigenvalue weighted by Crippen LogP contribution is 2.41. The zero-order chi connectivity index (χ0) is 26.9. The molecule has 6 N–H and O–H groups in total. The van der Waals surface area contributed by atoms with Crippen molar-refractivity contribution >= 4 is 11.9 Å². The summed E-state index contributed by atoms with van der Waals surface area (Å²) in [6.07, 6.45) is -9.34. The molecule has 13 nitrogen and oxygen atoms in total. The van der Waals surface area contributed by atoms with E-state index in [9.17, 15) is 39.9 Å². The average Bonchev–Trinajstić information content (AvgIpc) is 2.83. The van der Waals surface area contributed by atoms with E-state index < -0.39 is 66.9 Å². The molecule has 196 valence electrons. The van der Waals surface area contributed by atoms with E-state index >= 15 is 0 Å². The number of phenols is 2. The third kappa shape index (κ3) is 5.65. The zero-order valence-corrected chi connectivity index (χ0v) is 18.9. The van der Waals surface area contributed by atoms with E-state index in [1.54, 1.807) is 0 Å². The predicted molar refractivity (Wildman–Crippen MR) is 121 cm³/mol. The number of esters is 1. The van der Waals surface area contributed by atoms with Crippen LogP contribution in [0, 0.1) is 0 Å². The monoisotopic (exact) mass is 518 g/mol. The van der Waals surface area contributed by atoms with Gasteiger partial charge in [-0.2, -0.15) is 0 Å². The van der Waals surface area contributed by atoms with Crippen molar-refractivity contribution in [3.05, 3.63) is 52.7 Å². The van der Waals surface area contributed by atoms with Crippen LogP contribution in [0.1, 0.15) is 6.42 Å². The highest BCUT2D eigenvalue weighted by Gasteiger charge is 2.46. The number of aliphatic hydroxyl groups is 3. The van der Waals surface area contributed by atoms with Crippen LogP contribution in [0.15, 0.2) is 51.7 Å². The molecule has 5 atom stereocenters. The fourth-order valence-corrected chi connectivity index (χ4v) is 3.70. The number of phenolic OH excluding ortho intramolecular Hbond substituents is 2. The lowest BCUT2D eigenvalue weighted by Gasteiger charge is -2.40. The van der Waals surface area contributed by atoms with E-state index in [1.165, 1.54) is 30.3 Å². The first-order valence-corrected chi connectivity index (χ1v) is 10.9. The molecule has 0 spiro atoms. The van der Waals surface area contributed by atoms with Gasteiger partial charge in [0, 0.05) is 17.7 Å². The normalized spacial score (nSPS) is 23.5. The third-order valence-electron chi connectivity index (χ3n) is 5.55. The molecule has 0 bridgehead atoms. The van der Waals surface area contributed by atoms with Gasteiger partial charge in [0.2, 0.25) is 6.29 Å². The fraction of sp³-hybridized carbons (Fsp3) is 0.292. The van der Waals surface area contributed by atoms with E-state index in [4.69, 9.17) is 23.7 Å². The molecular weight excluding hydrogens is 496 g/mol. The molecule has 13 heteroatoms. The molecule has 1 aliphatic carbocycles. The topological polar surface area (TPSA) is 213 Å². The Morgan fingerprint density at radius 1 is 0.946 bits per heavy atom. The summed E-state index contributed by atoms with van der Waals surface area (Å²) in [6, 6.07) is 9.03. The van der Waals surface area contributed by atoms with Crippen molar-refractivity contribution in [2.75, 3.05) is 6.61 Å². The SMILES string of the molecule is O=C(O)CC(=O)OC[C@H]1O[C@@H](Oc2cc3c(O)cc(=O)cc-3oc2-c2ccc(O)cc2)[C@H](O)[C@@H](O)[C@@H]1O. The summed E-state index contributed by atoms with van der Waals surface area (Å²) in [7, 11) is 0. The second kappa shape index (κ2) is 10.4. The smallest absolute Gasteiger partial charge is 0.317 e. The molecular formula is C24H22O13. The van der Waals surface area contributed by atoms with Crippen LogP contribution in [0.5, 0.6) is 17.2 Å². The molecule has 0 radical (unpaired) electrons. The molecule has 2 aliphatic heterocycles. The number of aliphatic carboxylic acids is 1. The van der Waals surface area contributed by atoms with Crippen molar-refractivity contribution < 1.29 is 58.9 Å². The van der Waals surface area contributed by atoms with Gasteiger partial charge in [0.15, 0.2) is 16.9 Å². The maximum Gasteiger partial charge on any atom is 0.317 e. The molecule has 1 aromatic rings. The molecule has 1 saturated heterocycles. The molecule has 4 rings (SSSR count). The Bertz CT molecular complexity index is 1320. The van der Waals surface area contributed by atoms with E-state index in [0.717, 1.165) is 12.1 Å². The number of hydrogen-bond acceptors (Lipinski definition) is 12. The van der Waals surface area contributed by atoms with Gasteiger partial charge in [0.25, 0.3) is 0 Å². The number of benzene rings is 2.